The number of nitrogens with one attached hydrogen (secondary N) is 3. The molecule has 0 amide bonds. The largest absolute Gasteiger partial charge is 0.497 e. The molecule has 4 heterocycles. The molecule has 0 unspecified atom stereocenters. The number of anilines is 3. The topological polar surface area (TPSA) is 141 Å². The third-order valence-corrected chi connectivity index (χ3v) is 8.35. The number of methoxy groups -OCH3 is 1. The van der Waals surface area contributed by atoms with Crippen molar-refractivity contribution in [2.24, 2.45) is 0 Å². The van der Waals surface area contributed by atoms with Gasteiger partial charge in [0.15, 0.2) is 10.9 Å². The zero-order valence-corrected chi connectivity index (χ0v) is 23.0. The van der Waals surface area contributed by atoms with Crippen LogP contribution < -0.4 is 19.7 Å². The molecule has 1 aliphatic rings. The van der Waals surface area contributed by atoms with Gasteiger partial charge in [0.2, 0.25) is 5.95 Å². The highest BCUT2D eigenvalue weighted by Crippen LogP contribution is 2.31. The van der Waals surface area contributed by atoms with E-state index < -0.39 is 10.0 Å². The highest BCUT2D eigenvalue weighted by Gasteiger charge is 2.23. The zero-order chi connectivity index (χ0) is 27.7. The summed E-state index contributed by atoms with van der Waals surface area (Å²) in [4.78, 5) is 24.8. The normalized spacial score (nSPS) is 13.9. The third kappa shape index (κ3) is 5.05. The standard InChI is InChI=1S/C26H25N9O3S2/c1-38-18-5-8-21-20(15-18)22-23(32-21)24(30-16-29-22)34-11-13-35(14-12-34)26(39)31-17-3-6-19(7-4-17)40(36,37)33-25-27-9-2-10-28-25/h2-10,15-16,32H,11-14H2,1H3,(H,31,39)(H,27,28,33). The van der Waals surface area contributed by atoms with Crippen LogP contribution in [0.2, 0.25) is 0 Å². The number of benzene rings is 2. The number of fused-ring (bicyclic) bond motifs is 3. The predicted molar refractivity (Wildman–Crippen MR) is 157 cm³/mol. The van der Waals surface area contributed by atoms with Gasteiger partial charge >= 0.3 is 0 Å². The Morgan fingerprint density at radius 3 is 2.48 bits per heavy atom. The van der Waals surface area contributed by atoms with Crippen molar-refractivity contribution in [2.75, 3.05) is 48.2 Å². The van der Waals surface area contributed by atoms with E-state index in [0.29, 0.717) is 23.9 Å². The molecule has 0 spiro atoms. The second-order valence-electron chi connectivity index (χ2n) is 9.06. The van der Waals surface area contributed by atoms with E-state index in [0.717, 1.165) is 46.6 Å². The number of aromatic amines is 1. The lowest BCUT2D eigenvalue weighted by Gasteiger charge is -2.36. The van der Waals surface area contributed by atoms with Crippen LogP contribution in [0.25, 0.3) is 21.9 Å². The average molecular weight is 576 g/mol. The summed E-state index contributed by atoms with van der Waals surface area (Å²) in [5, 5.41) is 4.77. The molecule has 0 bridgehead atoms. The first-order valence-corrected chi connectivity index (χ1v) is 14.3. The maximum Gasteiger partial charge on any atom is 0.264 e. The fraction of sp³-hybridized carbons (Fsp3) is 0.192. The van der Waals surface area contributed by atoms with Crippen LogP contribution in [0.5, 0.6) is 5.75 Å². The quantitative estimate of drug-likeness (QED) is 0.257. The Labute approximate surface area is 235 Å². The van der Waals surface area contributed by atoms with E-state index >= 15 is 0 Å². The van der Waals surface area contributed by atoms with Crippen molar-refractivity contribution in [1.82, 2.24) is 29.8 Å². The summed E-state index contributed by atoms with van der Waals surface area (Å²) >= 11 is 5.65. The number of hydrogen-bond acceptors (Lipinski definition) is 9. The van der Waals surface area contributed by atoms with Crippen molar-refractivity contribution in [3.8, 4) is 5.75 Å². The second kappa shape index (κ2) is 10.5. The lowest BCUT2D eigenvalue weighted by atomic mass is 10.2. The Morgan fingerprint density at radius 1 is 1.00 bits per heavy atom. The molecule has 0 aliphatic carbocycles. The number of thiocarbonyl (C=S) groups is 1. The average Bonchev–Trinajstić information content (AvgIpc) is 3.36. The summed E-state index contributed by atoms with van der Waals surface area (Å²) in [6.07, 6.45) is 4.52. The van der Waals surface area contributed by atoms with Gasteiger partial charge < -0.3 is 24.8 Å². The molecule has 1 fully saturated rings. The summed E-state index contributed by atoms with van der Waals surface area (Å²) in [5.74, 6) is 1.64. The smallest absolute Gasteiger partial charge is 0.264 e. The maximum atomic E-state index is 12.6. The first-order chi connectivity index (χ1) is 19.4. The van der Waals surface area contributed by atoms with E-state index in [9.17, 15) is 8.42 Å². The molecule has 2 aromatic carbocycles. The van der Waals surface area contributed by atoms with Crippen molar-refractivity contribution >= 4 is 66.7 Å². The third-order valence-electron chi connectivity index (χ3n) is 6.64. The number of piperazine rings is 1. The van der Waals surface area contributed by atoms with Gasteiger partial charge in [-0.25, -0.2) is 33.1 Å². The van der Waals surface area contributed by atoms with Gasteiger partial charge in [-0.15, -0.1) is 0 Å². The van der Waals surface area contributed by atoms with Crippen LogP contribution >= 0.6 is 12.2 Å². The van der Waals surface area contributed by atoms with Crippen LogP contribution in [-0.4, -0.2) is 76.6 Å². The lowest BCUT2D eigenvalue weighted by molar-refractivity contribution is 0.390. The molecule has 6 rings (SSSR count). The summed E-state index contributed by atoms with van der Waals surface area (Å²) in [6, 6.07) is 13.8. The molecule has 0 saturated carbocycles. The molecule has 3 aromatic heterocycles. The fourth-order valence-corrected chi connectivity index (χ4v) is 5.86. The molecule has 5 aromatic rings. The van der Waals surface area contributed by atoms with Crippen LogP contribution in [0.15, 0.2) is 72.1 Å². The van der Waals surface area contributed by atoms with Gasteiger partial charge in [0.1, 0.15) is 23.1 Å². The van der Waals surface area contributed by atoms with Crippen molar-refractivity contribution < 1.29 is 13.2 Å². The van der Waals surface area contributed by atoms with Gasteiger partial charge in [0.05, 0.1) is 12.0 Å². The zero-order valence-electron chi connectivity index (χ0n) is 21.4. The Bertz CT molecular complexity index is 1790. The number of aromatic nitrogens is 5. The summed E-state index contributed by atoms with van der Waals surface area (Å²) in [7, 11) is -2.16. The van der Waals surface area contributed by atoms with E-state index in [2.05, 4.69) is 44.8 Å². The van der Waals surface area contributed by atoms with E-state index in [-0.39, 0.29) is 10.8 Å². The van der Waals surface area contributed by atoms with Gasteiger partial charge in [0.25, 0.3) is 10.0 Å². The molecule has 0 radical (unpaired) electrons. The Kier molecular flexibility index (Phi) is 6.77. The second-order valence-corrected chi connectivity index (χ2v) is 11.1. The molecule has 3 N–H and O–H groups in total. The van der Waals surface area contributed by atoms with Gasteiger partial charge in [0, 0.05) is 55.2 Å². The molecule has 12 nitrogen and oxygen atoms in total. The van der Waals surface area contributed by atoms with Crippen LogP contribution in [-0.2, 0) is 10.0 Å². The Balaban J connectivity index is 1.10. The van der Waals surface area contributed by atoms with E-state index in [1.54, 1.807) is 31.6 Å². The van der Waals surface area contributed by atoms with E-state index in [4.69, 9.17) is 17.0 Å². The Morgan fingerprint density at radius 2 is 1.75 bits per heavy atom. The van der Waals surface area contributed by atoms with Crippen molar-refractivity contribution in [3.05, 3.63) is 67.3 Å². The molecule has 14 heteroatoms. The number of rotatable bonds is 6. The van der Waals surface area contributed by atoms with E-state index in [1.165, 1.54) is 24.5 Å². The van der Waals surface area contributed by atoms with Crippen molar-refractivity contribution in [3.63, 3.8) is 0 Å². The van der Waals surface area contributed by atoms with Gasteiger partial charge in [-0.05, 0) is 60.7 Å². The highest BCUT2D eigenvalue weighted by molar-refractivity contribution is 7.92. The minimum absolute atomic E-state index is 0.0116. The molecule has 40 heavy (non-hydrogen) atoms. The number of ether oxygens (including phenoxy) is 1. The molecule has 1 aliphatic heterocycles. The molecule has 1 saturated heterocycles. The monoisotopic (exact) mass is 575 g/mol. The first kappa shape index (κ1) is 25.7. The summed E-state index contributed by atoms with van der Waals surface area (Å²) < 4.78 is 33.0. The molecule has 0 atom stereocenters. The SMILES string of the molecule is COc1ccc2[nH]c3c(N4CCN(C(=S)Nc5ccc(S(=O)(=O)Nc6ncccn6)cc5)CC4)ncnc3c2c1. The van der Waals surface area contributed by atoms with Crippen LogP contribution in [0.3, 0.4) is 0 Å². The minimum atomic E-state index is -3.81. The van der Waals surface area contributed by atoms with Crippen LogP contribution in [0, 0.1) is 0 Å². The Hall–Kier alpha value is -4.56. The van der Waals surface area contributed by atoms with Crippen LogP contribution in [0.1, 0.15) is 0 Å². The van der Waals surface area contributed by atoms with E-state index in [1.807, 2.05) is 18.2 Å². The van der Waals surface area contributed by atoms with Crippen molar-refractivity contribution in [2.45, 2.75) is 4.90 Å². The molecular formula is C26H25N9O3S2. The van der Waals surface area contributed by atoms with Gasteiger partial charge in [-0.2, -0.15) is 0 Å². The predicted octanol–water partition coefficient (Wildman–Crippen LogP) is 3.23. The van der Waals surface area contributed by atoms with Crippen molar-refractivity contribution in [1.29, 1.82) is 0 Å². The number of sulfonamides is 1. The summed E-state index contributed by atoms with van der Waals surface area (Å²) in [6.45, 7) is 2.83. The fourth-order valence-electron chi connectivity index (χ4n) is 4.60. The number of H-pyrrole nitrogens is 1. The molecular weight excluding hydrogens is 550 g/mol. The maximum absolute atomic E-state index is 12.6. The first-order valence-electron chi connectivity index (χ1n) is 12.4. The van der Waals surface area contributed by atoms with Gasteiger partial charge in [-0.1, -0.05) is 0 Å². The lowest BCUT2D eigenvalue weighted by Crippen LogP contribution is -2.50. The molecule has 204 valence electrons. The number of hydrogen-bond donors (Lipinski definition) is 3. The minimum Gasteiger partial charge on any atom is -0.497 e. The summed E-state index contributed by atoms with van der Waals surface area (Å²) in [5.41, 5.74) is 3.41. The number of nitrogens with zero attached hydrogens (tertiary/aromatic N) is 6. The van der Waals surface area contributed by atoms with Gasteiger partial charge in [-0.3, -0.25) is 0 Å². The highest BCUT2D eigenvalue weighted by atomic mass is 32.2. The van der Waals surface area contributed by atoms with Crippen LogP contribution in [0.4, 0.5) is 17.5 Å².